The van der Waals surface area contributed by atoms with Crippen molar-refractivity contribution in [3.63, 3.8) is 0 Å². The minimum atomic E-state index is 0.607. The molecule has 96 valence electrons. The Balaban J connectivity index is 2.39. The highest BCUT2D eigenvalue weighted by molar-refractivity contribution is 5.54. The number of aromatic nitrogens is 2. The average Bonchev–Trinajstić information content (AvgIpc) is 2.55. The number of ether oxygens (including phenoxy) is 1. The second-order valence-corrected chi connectivity index (χ2v) is 4.55. The third-order valence-electron chi connectivity index (χ3n) is 2.83. The zero-order valence-electron chi connectivity index (χ0n) is 11.3. The molecule has 4 heteroatoms. The first-order valence-electron chi connectivity index (χ1n) is 6.10. The van der Waals surface area contributed by atoms with Crippen molar-refractivity contribution in [3.05, 3.63) is 35.0 Å². The zero-order chi connectivity index (χ0) is 13.3. The first kappa shape index (κ1) is 12.5. The summed E-state index contributed by atoms with van der Waals surface area (Å²) in [5.41, 5.74) is 9.74. The van der Waals surface area contributed by atoms with E-state index < -0.39 is 0 Å². The van der Waals surface area contributed by atoms with Gasteiger partial charge < -0.3 is 10.5 Å². The Morgan fingerprint density at radius 2 is 1.78 bits per heavy atom. The summed E-state index contributed by atoms with van der Waals surface area (Å²) in [5.74, 6) is 1.42. The molecule has 0 spiro atoms. The van der Waals surface area contributed by atoms with Crippen LogP contribution >= 0.6 is 0 Å². The lowest BCUT2D eigenvalue weighted by molar-refractivity contribution is 0.418. The van der Waals surface area contributed by atoms with Gasteiger partial charge in [0.05, 0.1) is 5.69 Å². The molecule has 0 aliphatic carbocycles. The number of rotatable bonds is 3. The molecule has 1 heterocycles. The second kappa shape index (κ2) is 4.72. The minimum absolute atomic E-state index is 0.607. The number of nitrogen functional groups attached to an aromatic ring is 1. The molecule has 0 atom stereocenters. The summed E-state index contributed by atoms with van der Waals surface area (Å²) in [6.45, 7) is 8.73. The number of nitrogens with two attached hydrogens (primary N) is 1. The van der Waals surface area contributed by atoms with Crippen LogP contribution in [0.5, 0.6) is 11.6 Å². The van der Waals surface area contributed by atoms with Gasteiger partial charge in [-0.2, -0.15) is 5.10 Å². The number of hydrogen-bond acceptors (Lipinski definition) is 3. The van der Waals surface area contributed by atoms with Crippen LogP contribution in [0.2, 0.25) is 0 Å². The van der Waals surface area contributed by atoms with Gasteiger partial charge in [0.1, 0.15) is 11.4 Å². The van der Waals surface area contributed by atoms with Gasteiger partial charge in [-0.3, -0.25) is 0 Å². The van der Waals surface area contributed by atoms with Gasteiger partial charge in [-0.25, -0.2) is 4.68 Å². The highest BCUT2D eigenvalue weighted by Crippen LogP contribution is 2.30. The van der Waals surface area contributed by atoms with E-state index >= 15 is 0 Å². The number of benzene rings is 1. The van der Waals surface area contributed by atoms with Crippen LogP contribution in [0.1, 0.15) is 23.7 Å². The van der Waals surface area contributed by atoms with Gasteiger partial charge in [-0.1, -0.05) is 6.07 Å². The molecule has 1 aromatic carbocycles. The molecular weight excluding hydrogens is 226 g/mol. The maximum absolute atomic E-state index is 5.99. The molecule has 0 amide bonds. The highest BCUT2D eigenvalue weighted by Gasteiger charge is 2.13. The van der Waals surface area contributed by atoms with Gasteiger partial charge in [0, 0.05) is 6.54 Å². The monoisotopic (exact) mass is 245 g/mol. The molecular formula is C14H19N3O. The quantitative estimate of drug-likeness (QED) is 0.903. The van der Waals surface area contributed by atoms with E-state index in [0.717, 1.165) is 18.0 Å². The van der Waals surface area contributed by atoms with Gasteiger partial charge in [0.15, 0.2) is 0 Å². The first-order chi connectivity index (χ1) is 8.51. The lowest BCUT2D eigenvalue weighted by Gasteiger charge is -2.09. The van der Waals surface area contributed by atoms with E-state index in [-0.39, 0.29) is 0 Å². The van der Waals surface area contributed by atoms with Crippen molar-refractivity contribution in [3.8, 4) is 11.6 Å². The molecule has 0 aliphatic rings. The standard InChI is InChI=1S/C14H19N3O/c1-5-17-14(13(15)11(4)16-17)18-12-7-9(2)6-10(3)8-12/h6-8H,5,15H2,1-4H3. The summed E-state index contributed by atoms with van der Waals surface area (Å²) in [7, 11) is 0. The van der Waals surface area contributed by atoms with Crippen molar-refractivity contribution in [2.24, 2.45) is 0 Å². The SMILES string of the molecule is CCn1nc(C)c(N)c1Oc1cc(C)cc(C)c1. The van der Waals surface area contributed by atoms with Gasteiger partial charge in [-0.15, -0.1) is 0 Å². The molecule has 0 aliphatic heterocycles. The van der Waals surface area contributed by atoms with Crippen molar-refractivity contribution in [1.82, 2.24) is 9.78 Å². The second-order valence-electron chi connectivity index (χ2n) is 4.55. The molecule has 0 unspecified atom stereocenters. The fourth-order valence-corrected chi connectivity index (χ4v) is 2.00. The van der Waals surface area contributed by atoms with Gasteiger partial charge in [-0.05, 0) is 51.0 Å². The smallest absolute Gasteiger partial charge is 0.241 e. The van der Waals surface area contributed by atoms with Crippen LogP contribution in [0.15, 0.2) is 18.2 Å². The zero-order valence-corrected chi connectivity index (χ0v) is 11.3. The predicted molar refractivity (Wildman–Crippen MR) is 73.0 cm³/mol. The van der Waals surface area contributed by atoms with Crippen molar-refractivity contribution in [2.45, 2.75) is 34.2 Å². The van der Waals surface area contributed by atoms with Crippen molar-refractivity contribution in [1.29, 1.82) is 0 Å². The fourth-order valence-electron chi connectivity index (χ4n) is 2.00. The summed E-state index contributed by atoms with van der Waals surface area (Å²) in [4.78, 5) is 0. The summed E-state index contributed by atoms with van der Waals surface area (Å²) >= 11 is 0. The fraction of sp³-hybridized carbons (Fsp3) is 0.357. The Hall–Kier alpha value is -1.97. The van der Waals surface area contributed by atoms with E-state index in [9.17, 15) is 0 Å². The Morgan fingerprint density at radius 3 is 2.33 bits per heavy atom. The van der Waals surface area contributed by atoms with Gasteiger partial charge in [0.25, 0.3) is 0 Å². The van der Waals surface area contributed by atoms with Gasteiger partial charge in [0.2, 0.25) is 5.88 Å². The van der Waals surface area contributed by atoms with Crippen molar-refractivity contribution >= 4 is 5.69 Å². The normalized spacial score (nSPS) is 10.7. The van der Waals surface area contributed by atoms with Crippen LogP contribution in [0.3, 0.4) is 0 Å². The van der Waals surface area contributed by atoms with Crippen LogP contribution < -0.4 is 10.5 Å². The molecule has 4 nitrogen and oxygen atoms in total. The Labute approximate surface area is 107 Å². The van der Waals surface area contributed by atoms with Crippen molar-refractivity contribution < 1.29 is 4.74 Å². The van der Waals surface area contributed by atoms with Crippen LogP contribution in [0.4, 0.5) is 5.69 Å². The van der Waals surface area contributed by atoms with E-state index in [1.165, 1.54) is 11.1 Å². The number of anilines is 1. The van der Waals surface area contributed by atoms with Crippen LogP contribution in [-0.2, 0) is 6.54 Å². The molecule has 2 rings (SSSR count). The molecule has 0 radical (unpaired) electrons. The van der Waals surface area contributed by atoms with E-state index in [0.29, 0.717) is 11.6 Å². The van der Waals surface area contributed by atoms with Crippen LogP contribution in [-0.4, -0.2) is 9.78 Å². The number of nitrogens with zero attached hydrogens (tertiary/aromatic N) is 2. The Bertz CT molecular complexity index is 552. The Morgan fingerprint density at radius 1 is 1.17 bits per heavy atom. The molecule has 0 bridgehead atoms. The summed E-state index contributed by atoms with van der Waals surface area (Å²) in [6.07, 6.45) is 0. The van der Waals surface area contributed by atoms with Crippen LogP contribution in [0.25, 0.3) is 0 Å². The topological polar surface area (TPSA) is 53.1 Å². The molecule has 0 saturated carbocycles. The van der Waals surface area contributed by atoms with E-state index in [4.69, 9.17) is 10.5 Å². The van der Waals surface area contributed by atoms with E-state index in [1.54, 1.807) is 4.68 Å². The molecule has 0 saturated heterocycles. The summed E-state index contributed by atoms with van der Waals surface area (Å²) in [5, 5.41) is 4.34. The average molecular weight is 245 g/mol. The lowest BCUT2D eigenvalue weighted by atomic mass is 10.1. The third-order valence-corrected chi connectivity index (χ3v) is 2.83. The van der Waals surface area contributed by atoms with Crippen LogP contribution in [0, 0.1) is 20.8 Å². The maximum atomic E-state index is 5.99. The molecule has 0 fully saturated rings. The van der Waals surface area contributed by atoms with E-state index in [2.05, 4.69) is 11.2 Å². The third kappa shape index (κ3) is 2.32. The number of hydrogen-bond donors (Lipinski definition) is 1. The van der Waals surface area contributed by atoms with Gasteiger partial charge >= 0.3 is 0 Å². The van der Waals surface area contributed by atoms with E-state index in [1.807, 2.05) is 39.8 Å². The molecule has 2 aromatic rings. The largest absolute Gasteiger partial charge is 0.437 e. The predicted octanol–water partition coefficient (Wildman–Crippen LogP) is 3.20. The minimum Gasteiger partial charge on any atom is -0.437 e. The highest BCUT2D eigenvalue weighted by atomic mass is 16.5. The Kier molecular flexibility index (Phi) is 3.28. The summed E-state index contributed by atoms with van der Waals surface area (Å²) < 4.78 is 7.67. The lowest BCUT2D eigenvalue weighted by Crippen LogP contribution is -2.01. The molecule has 18 heavy (non-hydrogen) atoms. The van der Waals surface area contributed by atoms with Crippen molar-refractivity contribution in [2.75, 3.05) is 5.73 Å². The number of aryl methyl sites for hydroxylation is 4. The summed E-state index contributed by atoms with van der Waals surface area (Å²) in [6, 6.07) is 6.10. The first-order valence-corrected chi connectivity index (χ1v) is 6.10. The molecule has 1 aromatic heterocycles. The molecule has 2 N–H and O–H groups in total. The maximum Gasteiger partial charge on any atom is 0.241 e.